The lowest BCUT2D eigenvalue weighted by atomic mass is 10.1. The highest BCUT2D eigenvalue weighted by Gasteiger charge is 1.98. The van der Waals surface area contributed by atoms with E-state index in [1.807, 2.05) is 25.1 Å². The monoisotopic (exact) mass is 233 g/mol. The van der Waals surface area contributed by atoms with Crippen molar-refractivity contribution in [2.75, 3.05) is 0 Å². The van der Waals surface area contributed by atoms with E-state index >= 15 is 0 Å². The molecule has 78 valence electrons. The zero-order chi connectivity index (χ0) is 9.84. The third-order valence-corrected chi connectivity index (χ3v) is 1.99. The number of rotatable bonds is 2. The van der Waals surface area contributed by atoms with Crippen LogP contribution < -0.4 is 11.5 Å². The highest BCUT2D eigenvalue weighted by atomic mass is 35.5. The zero-order valence-corrected chi connectivity index (χ0v) is 9.40. The van der Waals surface area contributed by atoms with E-state index in [2.05, 4.69) is 4.99 Å². The van der Waals surface area contributed by atoms with Crippen molar-refractivity contribution in [3.05, 3.63) is 34.3 Å². The maximum atomic E-state index is 5.96. The topological polar surface area (TPSA) is 64.4 Å². The van der Waals surface area contributed by atoms with Crippen molar-refractivity contribution >= 4 is 30.0 Å². The number of nitrogens with zero attached hydrogens (tertiary/aromatic N) is 1. The molecule has 4 N–H and O–H groups in total. The van der Waals surface area contributed by atoms with Gasteiger partial charge in [0.25, 0.3) is 0 Å². The third kappa shape index (κ3) is 3.85. The largest absolute Gasteiger partial charge is 0.370 e. The second-order valence-electron chi connectivity index (χ2n) is 2.84. The van der Waals surface area contributed by atoms with E-state index in [9.17, 15) is 0 Å². The van der Waals surface area contributed by atoms with Gasteiger partial charge in [0.05, 0.1) is 6.54 Å². The Hall–Kier alpha value is -0.930. The Morgan fingerprint density at radius 2 is 2.07 bits per heavy atom. The van der Waals surface area contributed by atoms with Crippen LogP contribution in [-0.4, -0.2) is 5.96 Å². The minimum Gasteiger partial charge on any atom is -0.370 e. The molecule has 0 aliphatic heterocycles. The van der Waals surface area contributed by atoms with Crippen molar-refractivity contribution in [1.29, 1.82) is 0 Å². The predicted molar refractivity (Wildman–Crippen MR) is 63.0 cm³/mol. The van der Waals surface area contributed by atoms with Crippen molar-refractivity contribution in [2.24, 2.45) is 16.5 Å². The molecule has 0 fully saturated rings. The number of aryl methyl sites for hydroxylation is 1. The number of nitrogens with two attached hydrogens (primary N) is 2. The zero-order valence-electron chi connectivity index (χ0n) is 7.83. The predicted octanol–water partition coefficient (Wildman–Crippen LogP) is 1.84. The Morgan fingerprint density at radius 1 is 1.43 bits per heavy atom. The average molecular weight is 234 g/mol. The first-order chi connectivity index (χ1) is 6.09. The van der Waals surface area contributed by atoms with Gasteiger partial charge in [-0.1, -0.05) is 23.7 Å². The Bertz CT molecular complexity index is 333. The van der Waals surface area contributed by atoms with Crippen LogP contribution in [0.25, 0.3) is 0 Å². The van der Waals surface area contributed by atoms with E-state index < -0.39 is 0 Å². The highest BCUT2D eigenvalue weighted by molar-refractivity contribution is 6.31. The van der Waals surface area contributed by atoms with Crippen molar-refractivity contribution in [1.82, 2.24) is 0 Å². The Morgan fingerprint density at radius 3 is 2.57 bits per heavy atom. The number of hydrogen-bond donors (Lipinski definition) is 2. The van der Waals surface area contributed by atoms with Crippen LogP contribution in [-0.2, 0) is 6.54 Å². The van der Waals surface area contributed by atoms with Gasteiger partial charge in [0.2, 0.25) is 0 Å². The smallest absolute Gasteiger partial charge is 0.186 e. The summed E-state index contributed by atoms with van der Waals surface area (Å²) in [5, 5.41) is 0.699. The van der Waals surface area contributed by atoms with Gasteiger partial charge in [-0.05, 0) is 24.1 Å². The quantitative estimate of drug-likeness (QED) is 0.605. The summed E-state index contributed by atoms with van der Waals surface area (Å²) >= 11 is 5.96. The van der Waals surface area contributed by atoms with Crippen molar-refractivity contribution in [3.63, 3.8) is 0 Å². The van der Waals surface area contributed by atoms with E-state index in [1.165, 1.54) is 0 Å². The van der Waals surface area contributed by atoms with Crippen molar-refractivity contribution < 1.29 is 0 Å². The van der Waals surface area contributed by atoms with Gasteiger partial charge in [-0.25, -0.2) is 4.99 Å². The maximum absolute atomic E-state index is 5.96. The molecular formula is C9H13Cl2N3. The van der Waals surface area contributed by atoms with Crippen molar-refractivity contribution in [2.45, 2.75) is 13.5 Å². The first-order valence-corrected chi connectivity index (χ1v) is 4.28. The number of benzene rings is 1. The Balaban J connectivity index is 0.00000169. The molecule has 0 saturated heterocycles. The van der Waals surface area contributed by atoms with Crippen LogP contribution in [0.1, 0.15) is 11.1 Å². The number of hydrogen-bond acceptors (Lipinski definition) is 1. The van der Waals surface area contributed by atoms with Gasteiger partial charge >= 0.3 is 0 Å². The summed E-state index contributed by atoms with van der Waals surface area (Å²) in [6.07, 6.45) is 0. The van der Waals surface area contributed by atoms with Crippen LogP contribution in [0, 0.1) is 6.92 Å². The molecule has 5 heteroatoms. The minimum absolute atomic E-state index is 0. The fraction of sp³-hybridized carbons (Fsp3) is 0.222. The van der Waals surface area contributed by atoms with Gasteiger partial charge in [0.1, 0.15) is 0 Å². The molecule has 0 aliphatic carbocycles. The SMILES string of the molecule is Cc1ccc(CN=C(N)N)c(Cl)c1.Cl. The summed E-state index contributed by atoms with van der Waals surface area (Å²) < 4.78 is 0. The second-order valence-corrected chi connectivity index (χ2v) is 3.24. The highest BCUT2D eigenvalue weighted by Crippen LogP contribution is 2.17. The summed E-state index contributed by atoms with van der Waals surface area (Å²) in [5.41, 5.74) is 12.5. The molecule has 0 aromatic heterocycles. The molecule has 3 nitrogen and oxygen atoms in total. The minimum atomic E-state index is 0. The fourth-order valence-electron chi connectivity index (χ4n) is 0.957. The molecular weight excluding hydrogens is 221 g/mol. The fourth-order valence-corrected chi connectivity index (χ4v) is 1.25. The number of aliphatic imine (C=N–C) groups is 1. The van der Waals surface area contributed by atoms with Gasteiger partial charge in [0, 0.05) is 5.02 Å². The Labute approximate surface area is 94.6 Å². The molecule has 0 aliphatic rings. The van der Waals surface area contributed by atoms with Crippen LogP contribution in [0.3, 0.4) is 0 Å². The maximum Gasteiger partial charge on any atom is 0.186 e. The first-order valence-electron chi connectivity index (χ1n) is 3.90. The molecule has 0 saturated carbocycles. The summed E-state index contributed by atoms with van der Waals surface area (Å²) in [6, 6.07) is 5.78. The molecule has 1 rings (SSSR count). The molecule has 14 heavy (non-hydrogen) atoms. The number of halogens is 2. The first kappa shape index (κ1) is 13.1. The molecule has 1 aromatic carbocycles. The van der Waals surface area contributed by atoms with Gasteiger partial charge in [-0.3, -0.25) is 0 Å². The lowest BCUT2D eigenvalue weighted by molar-refractivity contribution is 1.05. The van der Waals surface area contributed by atoms with E-state index in [-0.39, 0.29) is 18.4 Å². The van der Waals surface area contributed by atoms with Gasteiger partial charge in [-0.2, -0.15) is 0 Å². The third-order valence-electron chi connectivity index (χ3n) is 1.64. The molecule has 0 atom stereocenters. The molecule has 0 spiro atoms. The standard InChI is InChI=1S/C9H12ClN3.ClH/c1-6-2-3-7(8(10)4-6)5-13-9(11)12;/h2-4H,5H2,1H3,(H4,11,12,13);1H. The summed E-state index contributed by atoms with van der Waals surface area (Å²) in [6.45, 7) is 2.41. The van der Waals surface area contributed by atoms with E-state index in [0.717, 1.165) is 11.1 Å². The average Bonchev–Trinajstić information content (AvgIpc) is 2.02. The summed E-state index contributed by atoms with van der Waals surface area (Å²) in [5.74, 6) is 0.0802. The molecule has 0 bridgehead atoms. The van der Waals surface area contributed by atoms with E-state index in [4.69, 9.17) is 23.1 Å². The van der Waals surface area contributed by atoms with Crippen LogP contribution in [0.2, 0.25) is 5.02 Å². The van der Waals surface area contributed by atoms with Gasteiger partial charge < -0.3 is 11.5 Å². The second kappa shape index (κ2) is 5.73. The van der Waals surface area contributed by atoms with Crippen LogP contribution in [0.4, 0.5) is 0 Å². The van der Waals surface area contributed by atoms with Crippen LogP contribution in [0.5, 0.6) is 0 Å². The Kier molecular flexibility index (Phi) is 5.35. The van der Waals surface area contributed by atoms with Crippen LogP contribution in [0.15, 0.2) is 23.2 Å². The lowest BCUT2D eigenvalue weighted by Crippen LogP contribution is -2.22. The molecule has 0 heterocycles. The number of guanidine groups is 1. The lowest BCUT2D eigenvalue weighted by Gasteiger charge is -2.01. The molecule has 0 amide bonds. The van der Waals surface area contributed by atoms with E-state index in [0.29, 0.717) is 11.6 Å². The molecule has 0 radical (unpaired) electrons. The van der Waals surface area contributed by atoms with Gasteiger partial charge in [-0.15, -0.1) is 12.4 Å². The van der Waals surface area contributed by atoms with E-state index in [1.54, 1.807) is 0 Å². The normalized spacial score (nSPS) is 9.00. The van der Waals surface area contributed by atoms with Gasteiger partial charge in [0.15, 0.2) is 5.96 Å². The molecule has 1 aromatic rings. The van der Waals surface area contributed by atoms with Crippen molar-refractivity contribution in [3.8, 4) is 0 Å². The van der Waals surface area contributed by atoms with Crippen LogP contribution >= 0.6 is 24.0 Å². The summed E-state index contributed by atoms with van der Waals surface area (Å²) in [7, 11) is 0. The summed E-state index contributed by atoms with van der Waals surface area (Å²) in [4.78, 5) is 3.87. The molecule has 0 unspecified atom stereocenters.